The zero-order valence-electron chi connectivity index (χ0n) is 7.90. The monoisotopic (exact) mass is 236 g/mol. The van der Waals surface area contributed by atoms with Gasteiger partial charge in [0.2, 0.25) is 0 Å². The second-order valence-electron chi connectivity index (χ2n) is 3.41. The van der Waals surface area contributed by atoms with Crippen molar-refractivity contribution in [3.8, 4) is 0 Å². The largest absolute Gasteiger partial charge is 0.357 e. The normalized spacial score (nSPS) is 33.0. The molecule has 2 atom stereocenters. The molecule has 0 amide bonds. The molecule has 13 heavy (non-hydrogen) atoms. The molecule has 2 saturated heterocycles. The molecule has 0 bridgehead atoms. The molecule has 0 saturated carbocycles. The summed E-state index contributed by atoms with van der Waals surface area (Å²) < 4.78 is 5.57. The lowest BCUT2D eigenvalue weighted by atomic mass is 10.5. The summed E-state index contributed by atoms with van der Waals surface area (Å²) in [6.45, 7) is 2.23. The van der Waals surface area contributed by atoms with Crippen LogP contribution in [0.5, 0.6) is 0 Å². The Morgan fingerprint density at radius 1 is 1.38 bits per heavy atom. The molecule has 0 radical (unpaired) electrons. The first kappa shape index (κ1) is 10.5. The van der Waals surface area contributed by atoms with Crippen molar-refractivity contribution in [3.63, 3.8) is 0 Å². The topological polar surface area (TPSA) is 12.5 Å². The van der Waals surface area contributed by atoms with Crippen LogP contribution >= 0.6 is 35.3 Å². The molecule has 1 nitrogen and oxygen atoms in total. The Bertz CT molecular complexity index is 161. The quantitative estimate of drug-likeness (QED) is 0.657. The third-order valence-corrected chi connectivity index (χ3v) is 6.54. The van der Waals surface area contributed by atoms with Crippen LogP contribution in [0.25, 0.3) is 0 Å². The Hall–Kier alpha value is 1.01. The lowest BCUT2D eigenvalue weighted by Crippen LogP contribution is -2.21. The number of rotatable bonds is 6. The van der Waals surface area contributed by atoms with E-state index in [4.69, 9.17) is 4.74 Å². The Morgan fingerprint density at radius 3 is 2.85 bits per heavy atom. The number of epoxide rings is 1. The second-order valence-corrected chi connectivity index (χ2v) is 7.02. The zero-order chi connectivity index (χ0) is 9.10. The van der Waals surface area contributed by atoms with Gasteiger partial charge in [0.05, 0.1) is 0 Å². The lowest BCUT2D eigenvalue weighted by molar-refractivity contribution is 0.416. The van der Waals surface area contributed by atoms with Gasteiger partial charge < -0.3 is 4.74 Å². The molecule has 4 heteroatoms. The Labute approximate surface area is 93.1 Å². The summed E-state index contributed by atoms with van der Waals surface area (Å²) >= 11 is 6.16. The summed E-state index contributed by atoms with van der Waals surface area (Å²) in [5.74, 6) is 5.21. The van der Waals surface area contributed by atoms with E-state index in [0.717, 1.165) is 5.25 Å². The van der Waals surface area contributed by atoms with Gasteiger partial charge in [0.1, 0.15) is 11.5 Å². The Kier molecular flexibility index (Phi) is 4.20. The van der Waals surface area contributed by atoms with Gasteiger partial charge in [-0.15, -0.1) is 11.8 Å². The van der Waals surface area contributed by atoms with Crippen molar-refractivity contribution in [2.75, 3.05) is 23.0 Å². The molecule has 2 aliphatic heterocycles. The van der Waals surface area contributed by atoms with Crippen molar-refractivity contribution in [2.24, 2.45) is 0 Å². The van der Waals surface area contributed by atoms with Crippen LogP contribution in [0, 0.1) is 0 Å². The molecular formula is C9H16OS3. The van der Waals surface area contributed by atoms with Gasteiger partial charge in [0.15, 0.2) is 0 Å². The van der Waals surface area contributed by atoms with Crippen molar-refractivity contribution in [2.45, 2.75) is 30.1 Å². The maximum atomic E-state index is 5.57. The number of hydrogen-bond acceptors (Lipinski definition) is 4. The van der Waals surface area contributed by atoms with E-state index in [-0.39, 0.29) is 0 Å². The predicted octanol–water partition coefficient (Wildman–Crippen LogP) is 2.70. The molecular weight excluding hydrogens is 220 g/mol. The van der Waals surface area contributed by atoms with Crippen molar-refractivity contribution in [1.82, 2.24) is 0 Å². The van der Waals surface area contributed by atoms with E-state index >= 15 is 0 Å². The predicted molar refractivity (Wildman–Crippen MR) is 65.0 cm³/mol. The van der Waals surface area contributed by atoms with Crippen molar-refractivity contribution in [3.05, 3.63) is 0 Å². The molecule has 2 heterocycles. The standard InChI is InChI=1S/C9H16OS3/c1-2-3-12-9-8(10-9)6-13-7-4-11-5-7/h7-9H,2-6H2,1H3. The van der Waals surface area contributed by atoms with Gasteiger partial charge >= 0.3 is 0 Å². The van der Waals surface area contributed by atoms with Crippen LogP contribution in [0.2, 0.25) is 0 Å². The Morgan fingerprint density at radius 2 is 2.23 bits per heavy atom. The third kappa shape index (κ3) is 3.26. The van der Waals surface area contributed by atoms with E-state index in [9.17, 15) is 0 Å². The minimum absolute atomic E-state index is 0.542. The van der Waals surface area contributed by atoms with E-state index < -0.39 is 0 Å². The van der Waals surface area contributed by atoms with Crippen molar-refractivity contribution >= 4 is 35.3 Å². The lowest BCUT2D eigenvalue weighted by Gasteiger charge is -2.23. The summed E-state index contributed by atoms with van der Waals surface area (Å²) in [7, 11) is 0. The van der Waals surface area contributed by atoms with Gasteiger partial charge in [0, 0.05) is 22.5 Å². The van der Waals surface area contributed by atoms with Crippen LogP contribution in [-0.4, -0.2) is 39.8 Å². The fourth-order valence-corrected chi connectivity index (χ4v) is 4.78. The van der Waals surface area contributed by atoms with Gasteiger partial charge in [-0.3, -0.25) is 0 Å². The van der Waals surface area contributed by atoms with Crippen LogP contribution < -0.4 is 0 Å². The van der Waals surface area contributed by atoms with Gasteiger partial charge in [-0.05, 0) is 12.2 Å². The number of thioether (sulfide) groups is 3. The van der Waals surface area contributed by atoms with E-state index in [2.05, 4.69) is 30.4 Å². The van der Waals surface area contributed by atoms with Crippen molar-refractivity contribution < 1.29 is 4.74 Å². The average Bonchev–Trinajstić information content (AvgIpc) is 2.77. The molecule has 0 aromatic carbocycles. The van der Waals surface area contributed by atoms with Crippen LogP contribution in [0.15, 0.2) is 0 Å². The molecule has 0 spiro atoms. The fourth-order valence-electron chi connectivity index (χ4n) is 1.17. The van der Waals surface area contributed by atoms with E-state index in [0.29, 0.717) is 11.5 Å². The molecule has 0 aromatic rings. The van der Waals surface area contributed by atoms with Crippen LogP contribution in [0.1, 0.15) is 13.3 Å². The van der Waals surface area contributed by atoms with E-state index in [1.54, 1.807) is 0 Å². The maximum absolute atomic E-state index is 5.57. The first-order valence-electron chi connectivity index (χ1n) is 4.86. The summed E-state index contributed by atoms with van der Waals surface area (Å²) in [4.78, 5) is 0. The molecule has 0 aromatic heterocycles. The summed E-state index contributed by atoms with van der Waals surface area (Å²) in [5, 5.41) is 0.936. The highest BCUT2D eigenvalue weighted by Gasteiger charge is 2.39. The highest BCUT2D eigenvalue weighted by Crippen LogP contribution is 2.38. The van der Waals surface area contributed by atoms with Gasteiger partial charge in [-0.25, -0.2) is 0 Å². The van der Waals surface area contributed by atoms with Crippen molar-refractivity contribution in [1.29, 1.82) is 0 Å². The van der Waals surface area contributed by atoms with E-state index in [1.165, 1.54) is 29.4 Å². The fraction of sp³-hybridized carbons (Fsp3) is 1.00. The van der Waals surface area contributed by atoms with Crippen LogP contribution in [0.4, 0.5) is 0 Å². The second kappa shape index (κ2) is 5.19. The zero-order valence-corrected chi connectivity index (χ0v) is 10.4. The first-order valence-corrected chi connectivity index (χ1v) is 8.11. The van der Waals surface area contributed by atoms with Crippen LogP contribution in [-0.2, 0) is 4.74 Å². The van der Waals surface area contributed by atoms with Crippen LogP contribution in [0.3, 0.4) is 0 Å². The third-order valence-electron chi connectivity index (χ3n) is 2.13. The summed E-state index contributed by atoms with van der Waals surface area (Å²) in [6.07, 6.45) is 1.84. The minimum atomic E-state index is 0.542. The molecule has 76 valence electrons. The minimum Gasteiger partial charge on any atom is -0.357 e. The molecule has 0 aliphatic carbocycles. The first-order chi connectivity index (χ1) is 6.40. The smallest absolute Gasteiger partial charge is 0.130 e. The van der Waals surface area contributed by atoms with Gasteiger partial charge in [0.25, 0.3) is 0 Å². The van der Waals surface area contributed by atoms with E-state index in [1.807, 2.05) is 11.8 Å². The summed E-state index contributed by atoms with van der Waals surface area (Å²) in [6, 6.07) is 0. The van der Waals surface area contributed by atoms with Gasteiger partial charge in [-0.1, -0.05) is 6.92 Å². The molecule has 2 rings (SSSR count). The highest BCUT2D eigenvalue weighted by atomic mass is 32.2. The SMILES string of the molecule is CCCSC1OC1CSC1CSC1. The average molecular weight is 236 g/mol. The summed E-state index contributed by atoms with van der Waals surface area (Å²) in [5.41, 5.74) is 0.542. The van der Waals surface area contributed by atoms with Gasteiger partial charge in [-0.2, -0.15) is 23.5 Å². The number of hydrogen-bond donors (Lipinski definition) is 0. The number of ether oxygens (including phenoxy) is 1. The molecule has 0 N–H and O–H groups in total. The molecule has 2 aliphatic rings. The molecule has 2 unspecified atom stereocenters. The highest BCUT2D eigenvalue weighted by molar-refractivity contribution is 8.07. The Balaban J connectivity index is 1.48. The maximum Gasteiger partial charge on any atom is 0.130 e. The molecule has 2 fully saturated rings.